The molecule has 3 heterocycles. The number of nitrogens with zero attached hydrogens (tertiary/aromatic N) is 3. The fourth-order valence-corrected chi connectivity index (χ4v) is 4.33. The van der Waals surface area contributed by atoms with Crippen LogP contribution in [-0.2, 0) is 16.0 Å². The lowest BCUT2D eigenvalue weighted by molar-refractivity contribution is -0.132. The van der Waals surface area contributed by atoms with E-state index in [0.29, 0.717) is 25.2 Å². The number of carbonyl (C=O) groups is 2. The van der Waals surface area contributed by atoms with Crippen LogP contribution in [-0.4, -0.2) is 47.9 Å². The Balaban J connectivity index is 1.55. The molecule has 1 saturated heterocycles. The molecule has 1 atom stereocenters. The number of ether oxygens (including phenoxy) is 1. The molecule has 0 unspecified atom stereocenters. The van der Waals surface area contributed by atoms with E-state index in [2.05, 4.69) is 11.1 Å². The minimum atomic E-state index is 0.124. The number of amides is 2. The summed E-state index contributed by atoms with van der Waals surface area (Å²) in [6.07, 6.45) is 7.33. The predicted octanol–water partition coefficient (Wildman–Crippen LogP) is 3.44. The van der Waals surface area contributed by atoms with Gasteiger partial charge in [0.1, 0.15) is 12.4 Å². The summed E-state index contributed by atoms with van der Waals surface area (Å²) in [6.45, 7) is 3.19. The van der Waals surface area contributed by atoms with Crippen molar-refractivity contribution in [3.05, 3.63) is 42.2 Å². The van der Waals surface area contributed by atoms with Crippen molar-refractivity contribution in [2.75, 3.05) is 25.1 Å². The molecule has 0 aliphatic carbocycles. The second kappa shape index (κ2) is 8.23. The first-order chi connectivity index (χ1) is 14.1. The van der Waals surface area contributed by atoms with Gasteiger partial charge in [-0.25, -0.2) is 0 Å². The molecule has 0 saturated carbocycles. The van der Waals surface area contributed by atoms with Gasteiger partial charge < -0.3 is 14.5 Å². The van der Waals surface area contributed by atoms with Gasteiger partial charge in [0.05, 0.1) is 17.9 Å². The topological polar surface area (TPSA) is 62.7 Å². The minimum absolute atomic E-state index is 0.124. The van der Waals surface area contributed by atoms with E-state index in [1.165, 1.54) is 5.56 Å². The summed E-state index contributed by atoms with van der Waals surface area (Å²) in [5, 5.41) is 0. The van der Waals surface area contributed by atoms with E-state index in [4.69, 9.17) is 4.74 Å². The SMILES string of the molecule is CCC(=O)N1CCC[C@@H]1COc1cncc(-c2cccc3c2N(C)C(=O)CC3)c1. The second-order valence-corrected chi connectivity index (χ2v) is 7.72. The number of anilines is 1. The van der Waals surface area contributed by atoms with Gasteiger partial charge in [-0.05, 0) is 30.9 Å². The molecule has 0 spiro atoms. The Morgan fingerprint density at radius 2 is 2.14 bits per heavy atom. The maximum atomic E-state index is 12.2. The Kier molecular flexibility index (Phi) is 5.51. The average molecular weight is 393 g/mol. The monoisotopic (exact) mass is 393 g/mol. The lowest BCUT2D eigenvalue weighted by atomic mass is 9.94. The van der Waals surface area contributed by atoms with E-state index >= 15 is 0 Å². The summed E-state index contributed by atoms with van der Waals surface area (Å²) in [6, 6.07) is 8.22. The first-order valence-electron chi connectivity index (χ1n) is 10.3. The number of likely N-dealkylation sites (tertiary alicyclic amines) is 1. The van der Waals surface area contributed by atoms with Crippen LogP contribution >= 0.6 is 0 Å². The number of aromatic nitrogens is 1. The molecule has 6 nitrogen and oxygen atoms in total. The molecular weight excluding hydrogens is 366 g/mol. The highest BCUT2D eigenvalue weighted by Gasteiger charge is 2.28. The van der Waals surface area contributed by atoms with Crippen molar-refractivity contribution in [3.63, 3.8) is 0 Å². The molecule has 6 heteroatoms. The van der Waals surface area contributed by atoms with Crippen molar-refractivity contribution in [2.24, 2.45) is 0 Å². The molecule has 2 aromatic rings. The highest BCUT2D eigenvalue weighted by atomic mass is 16.5. The van der Waals surface area contributed by atoms with Gasteiger partial charge in [0.25, 0.3) is 0 Å². The Hall–Kier alpha value is -2.89. The summed E-state index contributed by atoms with van der Waals surface area (Å²) in [7, 11) is 1.83. The van der Waals surface area contributed by atoms with Crippen molar-refractivity contribution < 1.29 is 14.3 Å². The zero-order valence-corrected chi connectivity index (χ0v) is 17.1. The van der Waals surface area contributed by atoms with Crippen LogP contribution in [0.5, 0.6) is 5.75 Å². The predicted molar refractivity (Wildman–Crippen MR) is 112 cm³/mol. The van der Waals surface area contributed by atoms with Gasteiger partial charge in [0.2, 0.25) is 11.8 Å². The molecule has 0 radical (unpaired) electrons. The van der Waals surface area contributed by atoms with E-state index in [-0.39, 0.29) is 17.9 Å². The van der Waals surface area contributed by atoms with Crippen LogP contribution in [0.15, 0.2) is 36.7 Å². The maximum absolute atomic E-state index is 12.2. The summed E-state index contributed by atoms with van der Waals surface area (Å²) >= 11 is 0. The molecule has 1 fully saturated rings. The fraction of sp³-hybridized carbons (Fsp3) is 0.435. The number of hydrogen-bond acceptors (Lipinski definition) is 4. The van der Waals surface area contributed by atoms with Crippen LogP contribution in [0.1, 0.15) is 38.2 Å². The Morgan fingerprint density at radius 3 is 2.97 bits per heavy atom. The zero-order chi connectivity index (χ0) is 20.4. The first-order valence-corrected chi connectivity index (χ1v) is 10.3. The maximum Gasteiger partial charge on any atom is 0.227 e. The first kappa shape index (κ1) is 19.4. The Morgan fingerprint density at radius 1 is 1.28 bits per heavy atom. The normalized spacial score (nSPS) is 18.7. The standard InChI is InChI=1S/C23H27N3O3/c1-3-21(27)26-11-5-7-18(26)15-29-19-12-17(13-24-14-19)20-8-4-6-16-9-10-22(28)25(2)23(16)20/h4,6,8,12-14,18H,3,5,7,9-11,15H2,1-2H3/t18-/m1/s1. The van der Waals surface area contributed by atoms with E-state index in [9.17, 15) is 9.59 Å². The third kappa shape index (κ3) is 3.84. The molecule has 2 aliphatic heterocycles. The molecule has 0 N–H and O–H groups in total. The number of pyridine rings is 1. The second-order valence-electron chi connectivity index (χ2n) is 7.72. The van der Waals surface area contributed by atoms with Gasteiger partial charge in [-0.15, -0.1) is 0 Å². The number of aryl methyl sites for hydroxylation is 1. The smallest absolute Gasteiger partial charge is 0.227 e. The van der Waals surface area contributed by atoms with Crippen LogP contribution in [0.25, 0.3) is 11.1 Å². The number of carbonyl (C=O) groups excluding carboxylic acids is 2. The van der Waals surface area contributed by atoms with Crippen molar-refractivity contribution in [3.8, 4) is 16.9 Å². The molecule has 4 rings (SSSR count). The summed E-state index contributed by atoms with van der Waals surface area (Å²) in [5.41, 5.74) is 4.04. The number of hydrogen-bond donors (Lipinski definition) is 0. The minimum Gasteiger partial charge on any atom is -0.490 e. The van der Waals surface area contributed by atoms with E-state index < -0.39 is 0 Å². The van der Waals surface area contributed by atoms with E-state index in [1.807, 2.05) is 37.1 Å². The molecule has 1 aromatic heterocycles. The van der Waals surface area contributed by atoms with Crippen molar-refractivity contribution in [1.29, 1.82) is 0 Å². The summed E-state index contributed by atoms with van der Waals surface area (Å²) in [5.74, 6) is 1.000. The molecule has 2 amide bonds. The van der Waals surface area contributed by atoms with Gasteiger partial charge in [0.15, 0.2) is 0 Å². The third-order valence-corrected chi connectivity index (χ3v) is 5.90. The largest absolute Gasteiger partial charge is 0.490 e. The quantitative estimate of drug-likeness (QED) is 0.781. The summed E-state index contributed by atoms with van der Waals surface area (Å²) in [4.78, 5) is 32.4. The Bertz CT molecular complexity index is 927. The molecule has 29 heavy (non-hydrogen) atoms. The van der Waals surface area contributed by atoms with Crippen molar-refractivity contribution in [1.82, 2.24) is 9.88 Å². The highest BCUT2D eigenvalue weighted by Crippen LogP contribution is 2.37. The van der Waals surface area contributed by atoms with Gasteiger partial charge in [-0.2, -0.15) is 0 Å². The molecule has 0 bridgehead atoms. The van der Waals surface area contributed by atoms with Gasteiger partial charge in [0, 0.05) is 43.8 Å². The van der Waals surface area contributed by atoms with Crippen LogP contribution in [0.4, 0.5) is 5.69 Å². The Labute approximate surface area is 171 Å². The average Bonchev–Trinajstić information content (AvgIpc) is 3.23. The van der Waals surface area contributed by atoms with Crippen molar-refractivity contribution in [2.45, 2.75) is 45.1 Å². The third-order valence-electron chi connectivity index (χ3n) is 5.90. The lowest BCUT2D eigenvalue weighted by Crippen LogP contribution is -2.38. The summed E-state index contributed by atoms with van der Waals surface area (Å²) < 4.78 is 6.03. The fourth-order valence-electron chi connectivity index (χ4n) is 4.33. The van der Waals surface area contributed by atoms with E-state index in [0.717, 1.165) is 42.6 Å². The molecular formula is C23H27N3O3. The number of fused-ring (bicyclic) bond motifs is 1. The lowest BCUT2D eigenvalue weighted by Gasteiger charge is -2.28. The highest BCUT2D eigenvalue weighted by molar-refractivity contribution is 6.00. The van der Waals surface area contributed by atoms with Crippen molar-refractivity contribution >= 4 is 17.5 Å². The van der Waals surface area contributed by atoms with Gasteiger partial charge in [-0.3, -0.25) is 14.6 Å². The molecule has 1 aromatic carbocycles. The number of benzene rings is 1. The van der Waals surface area contributed by atoms with Crippen LogP contribution in [0.3, 0.4) is 0 Å². The number of para-hydroxylation sites is 1. The van der Waals surface area contributed by atoms with Crippen LogP contribution < -0.4 is 9.64 Å². The molecule has 2 aliphatic rings. The van der Waals surface area contributed by atoms with Gasteiger partial charge in [-0.1, -0.05) is 25.1 Å². The van der Waals surface area contributed by atoms with Gasteiger partial charge >= 0.3 is 0 Å². The van der Waals surface area contributed by atoms with Crippen LogP contribution in [0, 0.1) is 0 Å². The zero-order valence-electron chi connectivity index (χ0n) is 17.1. The van der Waals surface area contributed by atoms with Crippen LogP contribution in [0.2, 0.25) is 0 Å². The molecule has 152 valence electrons. The van der Waals surface area contributed by atoms with E-state index in [1.54, 1.807) is 17.3 Å². The number of rotatable bonds is 5.